The van der Waals surface area contributed by atoms with Gasteiger partial charge in [0.25, 0.3) is 11.0 Å². The Morgan fingerprint density at radius 1 is 1.47 bits per heavy atom. The molecule has 1 aliphatic rings. The van der Waals surface area contributed by atoms with Gasteiger partial charge in [0.15, 0.2) is 0 Å². The van der Waals surface area contributed by atoms with E-state index >= 15 is 0 Å². The summed E-state index contributed by atoms with van der Waals surface area (Å²) in [5.41, 5.74) is -0.515. The lowest BCUT2D eigenvalue weighted by atomic mass is 9.98. The average molecular weight is 208 g/mol. The molecular weight excluding hydrogens is 200 g/mol. The zero-order valence-electron chi connectivity index (χ0n) is 7.89. The molecule has 0 aromatic heterocycles. The minimum Gasteiger partial charge on any atom is -0.323 e. The van der Waals surface area contributed by atoms with Crippen LogP contribution in [-0.4, -0.2) is 11.0 Å². The van der Waals surface area contributed by atoms with Crippen LogP contribution in [0.25, 0.3) is 0 Å². The Labute approximate surface area is 85.0 Å². The summed E-state index contributed by atoms with van der Waals surface area (Å²) in [6, 6.07) is 6.72. The van der Waals surface area contributed by atoms with Crippen molar-refractivity contribution in [3.8, 4) is 0 Å². The molecule has 0 saturated carbocycles. The lowest BCUT2D eigenvalue weighted by Gasteiger charge is -2.18. The van der Waals surface area contributed by atoms with Gasteiger partial charge in [0.2, 0.25) is 5.60 Å². The number of carbonyl (C=O) groups is 1. The molecule has 1 heterocycles. The van der Waals surface area contributed by atoms with Gasteiger partial charge in [0.05, 0.1) is 0 Å². The van der Waals surface area contributed by atoms with Gasteiger partial charge in [0, 0.05) is 11.3 Å². The molecule has 15 heavy (non-hydrogen) atoms. The van der Waals surface area contributed by atoms with Gasteiger partial charge >= 0.3 is 0 Å². The van der Waals surface area contributed by atoms with Gasteiger partial charge in [0.1, 0.15) is 0 Å². The third kappa shape index (κ3) is 1.30. The van der Waals surface area contributed by atoms with Crippen LogP contribution in [0.2, 0.25) is 0 Å². The second-order valence-corrected chi connectivity index (χ2v) is 3.35. The summed E-state index contributed by atoms with van der Waals surface area (Å²) in [4.78, 5) is 26.3. The summed E-state index contributed by atoms with van der Waals surface area (Å²) in [5.74, 6) is -0.527. The van der Waals surface area contributed by atoms with Gasteiger partial charge in [-0.3, -0.25) is 9.63 Å². The van der Waals surface area contributed by atoms with Crippen molar-refractivity contribution in [1.82, 2.24) is 0 Å². The number of amides is 1. The molecule has 0 aliphatic carbocycles. The van der Waals surface area contributed by atoms with Gasteiger partial charge in [-0.2, -0.15) is 0 Å². The van der Waals surface area contributed by atoms with Crippen LogP contribution < -0.4 is 5.32 Å². The zero-order valence-corrected chi connectivity index (χ0v) is 7.89. The Bertz CT molecular complexity index is 445. The topological polar surface area (TPSA) is 81.5 Å². The van der Waals surface area contributed by atoms with E-state index in [4.69, 9.17) is 0 Å². The van der Waals surface area contributed by atoms with Crippen LogP contribution >= 0.6 is 0 Å². The second-order valence-electron chi connectivity index (χ2n) is 3.35. The molecule has 0 bridgehead atoms. The molecule has 78 valence electrons. The molecule has 1 amide bonds. The minimum atomic E-state index is -1.54. The summed E-state index contributed by atoms with van der Waals surface area (Å²) in [7, 11) is 0. The van der Waals surface area contributed by atoms with E-state index in [1.165, 1.54) is 6.92 Å². The standard InChI is InChI=1S/C9H8N2O4/c1-9(15-11(13)14)6-4-2-3-5-7(6)10-8(9)12/h2-5H,1H3,(H,10,12). The van der Waals surface area contributed by atoms with E-state index in [2.05, 4.69) is 10.2 Å². The average Bonchev–Trinajstić information content (AvgIpc) is 2.39. The fraction of sp³-hybridized carbons (Fsp3) is 0.222. The fourth-order valence-corrected chi connectivity index (χ4v) is 1.61. The first-order chi connectivity index (χ1) is 7.04. The van der Waals surface area contributed by atoms with Crippen molar-refractivity contribution >= 4 is 11.6 Å². The molecule has 1 aromatic rings. The molecule has 1 atom stereocenters. The molecule has 6 heteroatoms. The zero-order chi connectivity index (χ0) is 11.1. The predicted molar refractivity (Wildman–Crippen MR) is 50.5 cm³/mol. The van der Waals surface area contributed by atoms with Crippen LogP contribution in [0.1, 0.15) is 12.5 Å². The van der Waals surface area contributed by atoms with E-state index in [9.17, 15) is 14.9 Å². The van der Waals surface area contributed by atoms with Crippen LogP contribution in [0.4, 0.5) is 5.69 Å². The minimum absolute atomic E-state index is 0.478. The number of rotatable bonds is 2. The van der Waals surface area contributed by atoms with Gasteiger partial charge in [-0.15, -0.1) is 10.1 Å². The summed E-state index contributed by atoms with van der Waals surface area (Å²) in [5, 5.41) is 11.9. The number of hydrogen-bond donors (Lipinski definition) is 1. The number of hydrogen-bond acceptors (Lipinski definition) is 4. The first kappa shape index (κ1) is 9.45. The van der Waals surface area contributed by atoms with Crippen molar-refractivity contribution in [3.05, 3.63) is 39.9 Å². The highest BCUT2D eigenvalue weighted by molar-refractivity contribution is 6.04. The predicted octanol–water partition coefficient (Wildman–Crippen LogP) is 1.06. The normalized spacial score (nSPS) is 23.1. The molecule has 0 spiro atoms. The van der Waals surface area contributed by atoms with E-state index in [-0.39, 0.29) is 0 Å². The number of anilines is 1. The van der Waals surface area contributed by atoms with Crippen LogP contribution in [0.15, 0.2) is 24.3 Å². The van der Waals surface area contributed by atoms with Crippen molar-refractivity contribution in [3.63, 3.8) is 0 Å². The maximum absolute atomic E-state index is 11.5. The molecule has 0 radical (unpaired) electrons. The molecular formula is C9H8N2O4. The van der Waals surface area contributed by atoms with E-state index < -0.39 is 16.6 Å². The lowest BCUT2D eigenvalue weighted by molar-refractivity contribution is -0.777. The van der Waals surface area contributed by atoms with Gasteiger partial charge < -0.3 is 5.32 Å². The third-order valence-corrected chi connectivity index (χ3v) is 2.38. The molecule has 2 rings (SSSR count). The SMILES string of the molecule is CC1(O[N+](=O)[O-])C(=O)Nc2ccccc21. The Balaban J connectivity index is 2.49. The number of nitrogens with one attached hydrogen (secondary N) is 1. The largest absolute Gasteiger partial charge is 0.323 e. The maximum Gasteiger partial charge on any atom is 0.295 e. The van der Waals surface area contributed by atoms with Crippen LogP contribution in [-0.2, 0) is 15.2 Å². The second kappa shape index (κ2) is 2.94. The molecule has 6 nitrogen and oxygen atoms in total. The van der Waals surface area contributed by atoms with Crippen molar-refractivity contribution in [2.45, 2.75) is 12.5 Å². The molecule has 0 fully saturated rings. The highest BCUT2D eigenvalue weighted by Gasteiger charge is 2.46. The van der Waals surface area contributed by atoms with Crippen LogP contribution in [0, 0.1) is 10.1 Å². The monoisotopic (exact) mass is 208 g/mol. The van der Waals surface area contributed by atoms with Crippen molar-refractivity contribution in [2.75, 3.05) is 5.32 Å². The highest BCUT2D eigenvalue weighted by atomic mass is 17.0. The molecule has 0 saturated heterocycles. The number of fused-ring (bicyclic) bond motifs is 1. The molecule has 1 aliphatic heterocycles. The number of benzene rings is 1. The van der Waals surface area contributed by atoms with Gasteiger partial charge in [-0.1, -0.05) is 18.2 Å². The quantitative estimate of drug-likeness (QED) is 0.582. The number of nitrogens with zero attached hydrogens (tertiary/aromatic N) is 1. The summed E-state index contributed by atoms with van der Waals surface area (Å²) >= 11 is 0. The van der Waals surface area contributed by atoms with E-state index in [1.54, 1.807) is 24.3 Å². The molecule has 1 aromatic carbocycles. The van der Waals surface area contributed by atoms with E-state index in [0.29, 0.717) is 11.3 Å². The van der Waals surface area contributed by atoms with Crippen molar-refractivity contribution in [2.24, 2.45) is 0 Å². The lowest BCUT2D eigenvalue weighted by Crippen LogP contribution is -2.36. The number of carbonyl (C=O) groups excluding carboxylic acids is 1. The third-order valence-electron chi connectivity index (χ3n) is 2.38. The highest BCUT2D eigenvalue weighted by Crippen LogP contribution is 2.38. The summed E-state index contributed by atoms with van der Waals surface area (Å²) in [6.45, 7) is 1.37. The van der Waals surface area contributed by atoms with Crippen LogP contribution in [0.5, 0.6) is 0 Å². The van der Waals surface area contributed by atoms with E-state index in [0.717, 1.165) is 0 Å². The van der Waals surface area contributed by atoms with Crippen molar-refractivity contribution < 1.29 is 14.7 Å². The summed E-state index contributed by atoms with van der Waals surface area (Å²) in [6.07, 6.45) is 0. The first-order valence-corrected chi connectivity index (χ1v) is 4.28. The maximum atomic E-state index is 11.5. The first-order valence-electron chi connectivity index (χ1n) is 4.28. The molecule has 1 unspecified atom stereocenters. The van der Waals surface area contributed by atoms with Crippen LogP contribution in [0.3, 0.4) is 0 Å². The van der Waals surface area contributed by atoms with E-state index in [1.807, 2.05) is 0 Å². The Morgan fingerprint density at radius 2 is 2.13 bits per heavy atom. The fourth-order valence-electron chi connectivity index (χ4n) is 1.61. The Morgan fingerprint density at radius 3 is 2.80 bits per heavy atom. The van der Waals surface area contributed by atoms with Gasteiger partial charge in [-0.05, 0) is 13.0 Å². The van der Waals surface area contributed by atoms with Crippen molar-refractivity contribution in [1.29, 1.82) is 0 Å². The van der Waals surface area contributed by atoms with Gasteiger partial charge in [-0.25, -0.2) is 0 Å². The Hall–Kier alpha value is -2.11. The number of para-hydroxylation sites is 1. The molecule has 1 N–H and O–H groups in total. The Kier molecular flexibility index (Phi) is 1.85. The summed E-state index contributed by atoms with van der Waals surface area (Å²) < 4.78 is 0. The smallest absolute Gasteiger partial charge is 0.295 e.